The van der Waals surface area contributed by atoms with Crippen molar-refractivity contribution in [3.8, 4) is 0 Å². The van der Waals surface area contributed by atoms with Crippen LogP contribution in [-0.4, -0.2) is 17.0 Å². The van der Waals surface area contributed by atoms with Gasteiger partial charge in [-0.2, -0.15) is 0 Å². The molecule has 0 saturated carbocycles. The number of nitrogens with one attached hydrogen (secondary N) is 1. The number of hydrogen-bond acceptors (Lipinski definition) is 2. The molecule has 0 fully saturated rings. The maximum atomic E-state index is 11.0. The second-order valence-corrected chi connectivity index (χ2v) is 4.36. The van der Waals surface area contributed by atoms with Crippen molar-refractivity contribution in [2.75, 3.05) is 0 Å². The first-order chi connectivity index (χ1) is 7.90. The molecule has 0 spiro atoms. The van der Waals surface area contributed by atoms with Gasteiger partial charge in [0.25, 0.3) is 0 Å². The van der Waals surface area contributed by atoms with Gasteiger partial charge in [0, 0.05) is 17.0 Å². The molecule has 0 aliphatic rings. The molecule has 4 nitrogen and oxygen atoms in total. The third kappa shape index (κ3) is 4.24. The predicted molar refractivity (Wildman–Crippen MR) is 65.3 cm³/mol. The van der Waals surface area contributed by atoms with Crippen molar-refractivity contribution in [2.45, 2.75) is 19.4 Å². The van der Waals surface area contributed by atoms with Gasteiger partial charge in [-0.05, 0) is 23.8 Å². The minimum absolute atomic E-state index is 0.250. The molecule has 0 heterocycles. The molecular weight excluding hydrogens is 265 g/mol. The summed E-state index contributed by atoms with van der Waals surface area (Å²) in [6, 6.07) is 4.03. The highest BCUT2D eigenvalue weighted by atomic mass is 35.5. The SMILES string of the molecule is CC(=O)N[C@@H](CC(=O)O)c1cc(Cl)ccc1Cl. The van der Waals surface area contributed by atoms with E-state index in [-0.39, 0.29) is 12.3 Å². The zero-order valence-corrected chi connectivity index (χ0v) is 10.5. The molecule has 0 radical (unpaired) electrons. The van der Waals surface area contributed by atoms with E-state index in [1.807, 2.05) is 0 Å². The van der Waals surface area contributed by atoms with E-state index < -0.39 is 12.0 Å². The monoisotopic (exact) mass is 275 g/mol. The third-order valence-corrected chi connectivity index (χ3v) is 2.67. The number of carboxylic acids is 1. The molecule has 0 bridgehead atoms. The lowest BCUT2D eigenvalue weighted by molar-refractivity contribution is -0.137. The van der Waals surface area contributed by atoms with Crippen molar-refractivity contribution in [2.24, 2.45) is 0 Å². The number of carbonyl (C=O) groups excluding carboxylic acids is 1. The minimum atomic E-state index is -1.03. The van der Waals surface area contributed by atoms with Gasteiger partial charge in [0.1, 0.15) is 0 Å². The number of carboxylic acid groups (broad SMARTS) is 1. The molecule has 0 aliphatic heterocycles. The van der Waals surface area contributed by atoms with Crippen LogP contribution in [0.2, 0.25) is 10.0 Å². The van der Waals surface area contributed by atoms with Crippen LogP contribution < -0.4 is 5.32 Å². The summed E-state index contributed by atoms with van der Waals surface area (Å²) in [5.74, 6) is -1.35. The average molecular weight is 276 g/mol. The summed E-state index contributed by atoms with van der Waals surface area (Å²) < 4.78 is 0. The first kappa shape index (κ1) is 13.8. The van der Waals surface area contributed by atoms with Crippen molar-refractivity contribution in [1.82, 2.24) is 5.32 Å². The number of rotatable bonds is 4. The van der Waals surface area contributed by atoms with E-state index in [0.29, 0.717) is 15.6 Å². The number of carbonyl (C=O) groups is 2. The van der Waals surface area contributed by atoms with Crippen molar-refractivity contribution >= 4 is 35.1 Å². The van der Waals surface area contributed by atoms with E-state index in [1.165, 1.54) is 6.92 Å². The summed E-state index contributed by atoms with van der Waals surface area (Å²) >= 11 is 11.8. The summed E-state index contributed by atoms with van der Waals surface area (Å²) in [5, 5.41) is 12.1. The molecule has 0 aliphatic carbocycles. The van der Waals surface area contributed by atoms with Crippen LogP contribution in [0.4, 0.5) is 0 Å². The van der Waals surface area contributed by atoms with Gasteiger partial charge in [-0.15, -0.1) is 0 Å². The van der Waals surface area contributed by atoms with Gasteiger partial charge in [-0.3, -0.25) is 9.59 Å². The number of amides is 1. The van der Waals surface area contributed by atoms with E-state index in [9.17, 15) is 9.59 Å². The van der Waals surface area contributed by atoms with Crippen LogP contribution in [0.3, 0.4) is 0 Å². The Labute approximate surface area is 109 Å². The van der Waals surface area contributed by atoms with Gasteiger partial charge in [0.05, 0.1) is 12.5 Å². The van der Waals surface area contributed by atoms with Crippen LogP contribution in [0.15, 0.2) is 18.2 Å². The molecule has 1 amide bonds. The Balaban J connectivity index is 3.06. The van der Waals surface area contributed by atoms with Gasteiger partial charge in [0.15, 0.2) is 0 Å². The molecule has 1 aromatic rings. The fraction of sp³-hybridized carbons (Fsp3) is 0.273. The fourth-order valence-corrected chi connectivity index (χ4v) is 1.87. The number of halogens is 2. The lowest BCUT2D eigenvalue weighted by atomic mass is 10.0. The molecule has 1 rings (SSSR count). The molecule has 0 aromatic heterocycles. The Kier molecular flexibility index (Phi) is 4.78. The lowest BCUT2D eigenvalue weighted by Crippen LogP contribution is -2.28. The van der Waals surface area contributed by atoms with Crippen molar-refractivity contribution < 1.29 is 14.7 Å². The zero-order chi connectivity index (χ0) is 13.0. The van der Waals surface area contributed by atoms with Crippen molar-refractivity contribution in [3.05, 3.63) is 33.8 Å². The normalized spacial score (nSPS) is 11.9. The van der Waals surface area contributed by atoms with Gasteiger partial charge in [0.2, 0.25) is 5.91 Å². The van der Waals surface area contributed by atoms with E-state index in [0.717, 1.165) is 0 Å². The first-order valence-corrected chi connectivity index (χ1v) is 5.59. The van der Waals surface area contributed by atoms with E-state index in [2.05, 4.69) is 5.32 Å². The standard InChI is InChI=1S/C11H11Cl2NO3/c1-6(15)14-10(5-11(16)17)8-4-7(12)2-3-9(8)13/h2-4,10H,5H2,1H3,(H,14,15)(H,16,17)/t10-/m0/s1. The molecule has 1 atom stereocenters. The minimum Gasteiger partial charge on any atom is -0.481 e. The van der Waals surface area contributed by atoms with Crippen LogP contribution in [0, 0.1) is 0 Å². The van der Waals surface area contributed by atoms with Crippen LogP contribution in [0.25, 0.3) is 0 Å². The zero-order valence-electron chi connectivity index (χ0n) is 9.04. The Hall–Kier alpha value is -1.26. The summed E-state index contributed by atoms with van der Waals surface area (Å²) in [4.78, 5) is 21.8. The number of benzene rings is 1. The average Bonchev–Trinajstić information content (AvgIpc) is 2.19. The van der Waals surface area contributed by atoms with Gasteiger partial charge in [-0.1, -0.05) is 23.2 Å². The quantitative estimate of drug-likeness (QED) is 0.888. The molecule has 6 heteroatoms. The first-order valence-electron chi connectivity index (χ1n) is 4.84. The highest BCUT2D eigenvalue weighted by Crippen LogP contribution is 2.28. The Morgan fingerprint density at radius 2 is 2.06 bits per heavy atom. The molecular formula is C11H11Cl2NO3. The van der Waals surface area contributed by atoms with Crippen LogP contribution in [-0.2, 0) is 9.59 Å². The predicted octanol–water partition coefficient (Wildman–Crippen LogP) is 2.65. The van der Waals surface area contributed by atoms with Gasteiger partial charge >= 0.3 is 5.97 Å². The van der Waals surface area contributed by atoms with Crippen LogP contribution >= 0.6 is 23.2 Å². The van der Waals surface area contributed by atoms with E-state index in [1.54, 1.807) is 18.2 Å². The van der Waals surface area contributed by atoms with E-state index in [4.69, 9.17) is 28.3 Å². The van der Waals surface area contributed by atoms with Crippen LogP contribution in [0.5, 0.6) is 0 Å². The molecule has 2 N–H and O–H groups in total. The Bertz CT molecular complexity index is 432. The van der Waals surface area contributed by atoms with Gasteiger partial charge in [-0.25, -0.2) is 0 Å². The summed E-state index contributed by atoms with van der Waals surface area (Å²) in [6.07, 6.45) is -0.250. The second-order valence-electron chi connectivity index (χ2n) is 3.52. The molecule has 0 unspecified atom stereocenters. The van der Waals surface area contributed by atoms with E-state index >= 15 is 0 Å². The van der Waals surface area contributed by atoms with Crippen LogP contribution in [0.1, 0.15) is 24.9 Å². The highest BCUT2D eigenvalue weighted by Gasteiger charge is 2.19. The molecule has 0 saturated heterocycles. The lowest BCUT2D eigenvalue weighted by Gasteiger charge is -2.17. The van der Waals surface area contributed by atoms with Gasteiger partial charge < -0.3 is 10.4 Å². The highest BCUT2D eigenvalue weighted by molar-refractivity contribution is 6.33. The fourth-order valence-electron chi connectivity index (χ4n) is 1.44. The molecule has 1 aromatic carbocycles. The largest absolute Gasteiger partial charge is 0.481 e. The Morgan fingerprint density at radius 3 is 2.59 bits per heavy atom. The summed E-state index contributed by atoms with van der Waals surface area (Å²) in [5.41, 5.74) is 0.497. The number of hydrogen-bond donors (Lipinski definition) is 2. The topological polar surface area (TPSA) is 66.4 Å². The molecule has 17 heavy (non-hydrogen) atoms. The maximum absolute atomic E-state index is 11.0. The smallest absolute Gasteiger partial charge is 0.305 e. The maximum Gasteiger partial charge on any atom is 0.305 e. The summed E-state index contributed by atoms with van der Waals surface area (Å²) in [6.45, 7) is 1.31. The number of aliphatic carboxylic acids is 1. The third-order valence-electron chi connectivity index (χ3n) is 2.09. The second kappa shape index (κ2) is 5.89. The molecule has 92 valence electrons. The van der Waals surface area contributed by atoms with Crippen molar-refractivity contribution in [1.29, 1.82) is 0 Å². The summed E-state index contributed by atoms with van der Waals surface area (Å²) in [7, 11) is 0. The Morgan fingerprint density at radius 1 is 1.41 bits per heavy atom. The van der Waals surface area contributed by atoms with Crippen molar-refractivity contribution in [3.63, 3.8) is 0 Å².